The molecule has 0 saturated carbocycles. The number of ether oxygens (including phenoxy) is 1. The first-order chi connectivity index (χ1) is 11.7. The van der Waals surface area contributed by atoms with Crippen LogP contribution < -0.4 is 5.32 Å². The molecule has 9 heteroatoms. The molecule has 0 bridgehead atoms. The number of halogens is 1. The molecule has 2 atom stereocenters. The third kappa shape index (κ3) is 4.99. The zero-order chi connectivity index (χ0) is 18.7. The van der Waals surface area contributed by atoms with E-state index in [4.69, 9.17) is 4.74 Å². The maximum Gasteiger partial charge on any atom is 0.186 e. The average molecular weight is 394 g/mol. The Morgan fingerprint density at radius 1 is 1.32 bits per heavy atom. The summed E-state index contributed by atoms with van der Waals surface area (Å²) in [6.07, 6.45) is 0.635. The number of benzene rings is 1. The van der Waals surface area contributed by atoms with Gasteiger partial charge in [-0.05, 0) is 44.5 Å². The Bertz CT molecular complexity index is 808. The molecule has 0 aromatic heterocycles. The van der Waals surface area contributed by atoms with Gasteiger partial charge < -0.3 is 10.1 Å². The van der Waals surface area contributed by atoms with Crippen LogP contribution in [0.2, 0.25) is 0 Å². The van der Waals surface area contributed by atoms with Crippen molar-refractivity contribution in [2.75, 3.05) is 31.3 Å². The van der Waals surface area contributed by atoms with Crippen molar-refractivity contribution >= 4 is 19.7 Å². The molecule has 1 aromatic rings. The SMILES string of the molecule is CCOCCCN[C@H]1CS(=O)(=O)C[C@@H]1S(=O)(=O)c1cc(C)ccc1F. The van der Waals surface area contributed by atoms with Gasteiger partial charge in [-0.15, -0.1) is 0 Å². The normalized spacial score (nSPS) is 23.0. The maximum absolute atomic E-state index is 14.1. The molecule has 1 aromatic carbocycles. The van der Waals surface area contributed by atoms with Gasteiger partial charge in [0, 0.05) is 19.3 Å². The number of rotatable bonds is 8. The highest BCUT2D eigenvalue weighted by Crippen LogP contribution is 2.28. The third-order valence-electron chi connectivity index (χ3n) is 4.17. The van der Waals surface area contributed by atoms with Crippen molar-refractivity contribution < 1.29 is 26.0 Å². The second-order valence-electron chi connectivity index (χ2n) is 6.21. The van der Waals surface area contributed by atoms with Gasteiger partial charge in [-0.3, -0.25) is 0 Å². The number of hydrogen-bond acceptors (Lipinski definition) is 6. The summed E-state index contributed by atoms with van der Waals surface area (Å²) in [6, 6.07) is 3.07. The summed E-state index contributed by atoms with van der Waals surface area (Å²) < 4.78 is 69.0. The molecule has 2 rings (SSSR count). The highest BCUT2D eigenvalue weighted by Gasteiger charge is 2.46. The van der Waals surface area contributed by atoms with Crippen molar-refractivity contribution in [2.24, 2.45) is 0 Å². The lowest BCUT2D eigenvalue weighted by atomic mass is 10.2. The predicted molar refractivity (Wildman–Crippen MR) is 93.7 cm³/mol. The Hall–Kier alpha value is -1.03. The fraction of sp³-hybridized carbons (Fsp3) is 0.625. The Labute approximate surface area is 148 Å². The zero-order valence-electron chi connectivity index (χ0n) is 14.4. The van der Waals surface area contributed by atoms with E-state index < -0.39 is 47.4 Å². The monoisotopic (exact) mass is 393 g/mol. The summed E-state index contributed by atoms with van der Waals surface area (Å²) in [4.78, 5) is -0.435. The predicted octanol–water partition coefficient (Wildman–Crippen LogP) is 1.09. The van der Waals surface area contributed by atoms with Gasteiger partial charge in [0.2, 0.25) is 0 Å². The maximum atomic E-state index is 14.1. The van der Waals surface area contributed by atoms with E-state index in [2.05, 4.69) is 5.32 Å². The lowest BCUT2D eigenvalue weighted by Gasteiger charge is -2.20. The molecule has 0 aliphatic carbocycles. The summed E-state index contributed by atoms with van der Waals surface area (Å²) in [5, 5.41) is 1.80. The van der Waals surface area contributed by atoms with Crippen molar-refractivity contribution in [2.45, 2.75) is 36.5 Å². The summed E-state index contributed by atoms with van der Waals surface area (Å²) in [5.41, 5.74) is 0.599. The second kappa shape index (κ2) is 8.11. The first-order valence-corrected chi connectivity index (χ1v) is 11.6. The topological polar surface area (TPSA) is 89.5 Å². The Morgan fingerprint density at radius 3 is 2.72 bits per heavy atom. The molecular weight excluding hydrogens is 369 g/mol. The molecule has 6 nitrogen and oxygen atoms in total. The second-order valence-corrected chi connectivity index (χ2v) is 10.5. The van der Waals surface area contributed by atoms with Gasteiger partial charge in [-0.1, -0.05) is 6.07 Å². The van der Waals surface area contributed by atoms with Crippen LogP contribution in [0.3, 0.4) is 0 Å². The molecule has 1 aliphatic heterocycles. The first kappa shape index (κ1) is 20.3. The fourth-order valence-electron chi connectivity index (χ4n) is 2.91. The lowest BCUT2D eigenvalue weighted by molar-refractivity contribution is 0.144. The minimum atomic E-state index is -4.11. The van der Waals surface area contributed by atoms with Crippen LogP contribution in [0.15, 0.2) is 23.1 Å². The first-order valence-electron chi connectivity index (χ1n) is 8.19. The van der Waals surface area contributed by atoms with Gasteiger partial charge in [0.15, 0.2) is 19.7 Å². The quantitative estimate of drug-likeness (QED) is 0.665. The van der Waals surface area contributed by atoms with Crippen LogP contribution in [-0.2, 0) is 24.4 Å². The van der Waals surface area contributed by atoms with Gasteiger partial charge in [0.05, 0.1) is 16.8 Å². The molecule has 0 radical (unpaired) electrons. The van der Waals surface area contributed by atoms with Crippen molar-refractivity contribution in [1.29, 1.82) is 0 Å². The van der Waals surface area contributed by atoms with E-state index in [0.717, 1.165) is 6.07 Å². The molecule has 0 amide bonds. The van der Waals surface area contributed by atoms with Crippen molar-refractivity contribution in [1.82, 2.24) is 5.32 Å². The van der Waals surface area contributed by atoms with Crippen LogP contribution >= 0.6 is 0 Å². The minimum absolute atomic E-state index is 0.265. The summed E-state index contributed by atoms with van der Waals surface area (Å²) in [6.45, 7) is 5.06. The largest absolute Gasteiger partial charge is 0.382 e. The Morgan fingerprint density at radius 2 is 2.04 bits per heavy atom. The summed E-state index contributed by atoms with van der Waals surface area (Å²) in [7, 11) is -7.61. The van der Waals surface area contributed by atoms with Gasteiger partial charge in [0.25, 0.3) is 0 Å². The van der Waals surface area contributed by atoms with Gasteiger partial charge >= 0.3 is 0 Å². The third-order valence-corrected chi connectivity index (χ3v) is 8.33. The van der Waals surface area contributed by atoms with Crippen LogP contribution in [0.5, 0.6) is 0 Å². The number of sulfone groups is 2. The van der Waals surface area contributed by atoms with Gasteiger partial charge in [0.1, 0.15) is 10.7 Å². The van der Waals surface area contributed by atoms with Crippen LogP contribution in [0.4, 0.5) is 4.39 Å². The Kier molecular flexibility index (Phi) is 6.58. The standard InChI is InChI=1S/C16H24FNO5S2/c1-3-23-8-4-7-18-14-10-24(19,20)11-16(14)25(21,22)15-9-12(2)5-6-13(15)17/h5-6,9,14,16,18H,3-4,7-8,10-11H2,1-2H3/t14-,16-/m0/s1. The lowest BCUT2D eigenvalue weighted by Crippen LogP contribution is -2.44. The molecular formula is C16H24FNO5S2. The number of hydrogen-bond donors (Lipinski definition) is 1. The van der Waals surface area contributed by atoms with Crippen molar-refractivity contribution in [3.63, 3.8) is 0 Å². The van der Waals surface area contributed by atoms with Gasteiger partial charge in [-0.2, -0.15) is 0 Å². The van der Waals surface area contributed by atoms with E-state index in [9.17, 15) is 21.2 Å². The molecule has 1 aliphatic rings. The van der Waals surface area contributed by atoms with E-state index in [-0.39, 0.29) is 5.75 Å². The molecule has 0 unspecified atom stereocenters. The minimum Gasteiger partial charge on any atom is -0.382 e. The van der Waals surface area contributed by atoms with Gasteiger partial charge in [-0.25, -0.2) is 21.2 Å². The molecule has 1 N–H and O–H groups in total. The number of aryl methyl sites for hydroxylation is 1. The number of nitrogens with one attached hydrogen (secondary N) is 1. The van der Waals surface area contributed by atoms with E-state index in [1.54, 1.807) is 6.92 Å². The van der Waals surface area contributed by atoms with Crippen LogP contribution in [0, 0.1) is 12.7 Å². The van der Waals surface area contributed by atoms with Crippen LogP contribution in [0.1, 0.15) is 18.9 Å². The van der Waals surface area contributed by atoms with E-state index >= 15 is 0 Å². The molecule has 1 heterocycles. The zero-order valence-corrected chi connectivity index (χ0v) is 16.0. The highest BCUT2D eigenvalue weighted by molar-refractivity contribution is 7.96. The summed E-state index contributed by atoms with van der Waals surface area (Å²) in [5.74, 6) is -1.62. The van der Waals surface area contributed by atoms with E-state index in [0.29, 0.717) is 31.7 Å². The van der Waals surface area contributed by atoms with Crippen LogP contribution in [0.25, 0.3) is 0 Å². The average Bonchev–Trinajstić information content (AvgIpc) is 2.85. The Balaban J connectivity index is 2.22. The molecule has 25 heavy (non-hydrogen) atoms. The molecule has 142 valence electrons. The summed E-state index contributed by atoms with van der Waals surface area (Å²) >= 11 is 0. The van der Waals surface area contributed by atoms with E-state index in [1.807, 2.05) is 6.92 Å². The van der Waals surface area contributed by atoms with Crippen molar-refractivity contribution in [3.05, 3.63) is 29.6 Å². The van der Waals surface area contributed by atoms with Crippen LogP contribution in [-0.4, -0.2) is 59.4 Å². The smallest absolute Gasteiger partial charge is 0.186 e. The molecule has 1 saturated heterocycles. The fourth-order valence-corrected chi connectivity index (χ4v) is 7.78. The molecule has 1 fully saturated rings. The van der Waals surface area contributed by atoms with E-state index in [1.165, 1.54) is 12.1 Å². The highest BCUT2D eigenvalue weighted by atomic mass is 32.2. The molecule has 0 spiro atoms. The van der Waals surface area contributed by atoms with Crippen molar-refractivity contribution in [3.8, 4) is 0 Å².